The summed E-state index contributed by atoms with van der Waals surface area (Å²) < 4.78 is 16.7. The number of aryl methyl sites for hydroxylation is 1. The van der Waals surface area contributed by atoms with Crippen molar-refractivity contribution in [2.45, 2.75) is 12.8 Å². The Kier molecular flexibility index (Phi) is 3.89. The van der Waals surface area contributed by atoms with Crippen LogP contribution >= 0.6 is 0 Å². The molecule has 0 fully saturated rings. The fourth-order valence-electron chi connectivity index (χ4n) is 3.67. The first-order chi connectivity index (χ1) is 13.1. The number of allylic oxidation sites excluding steroid dienone is 1. The molecule has 27 heavy (non-hydrogen) atoms. The number of nitrogens with two attached hydrogens (primary N) is 1. The molecule has 0 bridgehead atoms. The summed E-state index contributed by atoms with van der Waals surface area (Å²) in [7, 11) is 3.24. The predicted octanol–water partition coefficient (Wildman–Crippen LogP) is 3.11. The van der Waals surface area contributed by atoms with Crippen LogP contribution in [0, 0.1) is 18.3 Å². The standard InChI is InChI=1S/C20H18N4O3/c1-10-16-18(13(9-21)19(22)27-20(16)24-23-10)12-7-8-14(25-2)11-5-4-6-15(26-3)17(11)12/h4-8,18H,22H2,1-3H3,(H,23,24)/t18-/m1/s1. The van der Waals surface area contributed by atoms with Gasteiger partial charge in [0.05, 0.1) is 20.1 Å². The molecule has 1 aliphatic rings. The van der Waals surface area contributed by atoms with Crippen molar-refractivity contribution in [3.05, 3.63) is 58.6 Å². The number of ether oxygens (including phenoxy) is 3. The lowest BCUT2D eigenvalue weighted by Crippen LogP contribution is -2.21. The third-order valence-electron chi connectivity index (χ3n) is 4.87. The minimum absolute atomic E-state index is 0.0559. The molecule has 7 heteroatoms. The minimum atomic E-state index is -0.429. The highest BCUT2D eigenvalue weighted by atomic mass is 16.5. The van der Waals surface area contributed by atoms with Crippen molar-refractivity contribution in [2.24, 2.45) is 5.73 Å². The zero-order chi connectivity index (χ0) is 19.1. The van der Waals surface area contributed by atoms with Crippen molar-refractivity contribution in [3.63, 3.8) is 0 Å². The van der Waals surface area contributed by atoms with E-state index >= 15 is 0 Å². The minimum Gasteiger partial charge on any atom is -0.496 e. The number of rotatable bonds is 3. The number of methoxy groups -OCH3 is 2. The van der Waals surface area contributed by atoms with Crippen molar-refractivity contribution >= 4 is 10.8 Å². The summed E-state index contributed by atoms with van der Waals surface area (Å²) in [6, 6.07) is 11.8. The van der Waals surface area contributed by atoms with Crippen molar-refractivity contribution in [2.75, 3.05) is 14.2 Å². The third kappa shape index (κ3) is 2.38. The Morgan fingerprint density at radius 2 is 1.96 bits per heavy atom. The second-order valence-corrected chi connectivity index (χ2v) is 6.23. The first-order valence-electron chi connectivity index (χ1n) is 8.36. The maximum atomic E-state index is 9.79. The molecule has 1 atom stereocenters. The number of fused-ring (bicyclic) bond motifs is 2. The lowest BCUT2D eigenvalue weighted by Gasteiger charge is -2.25. The van der Waals surface area contributed by atoms with Crippen LogP contribution in [0.15, 0.2) is 41.8 Å². The van der Waals surface area contributed by atoms with Gasteiger partial charge in [-0.25, -0.2) is 0 Å². The van der Waals surface area contributed by atoms with Crippen molar-refractivity contribution in [1.29, 1.82) is 5.26 Å². The molecular formula is C20H18N4O3. The Morgan fingerprint density at radius 3 is 2.67 bits per heavy atom. The Labute approximate surface area is 155 Å². The molecule has 0 aliphatic carbocycles. The van der Waals surface area contributed by atoms with Crippen LogP contribution in [0.1, 0.15) is 22.7 Å². The van der Waals surface area contributed by atoms with E-state index in [1.54, 1.807) is 14.2 Å². The average Bonchev–Trinajstić information content (AvgIpc) is 3.05. The van der Waals surface area contributed by atoms with Crippen molar-refractivity contribution < 1.29 is 14.2 Å². The number of hydrogen-bond acceptors (Lipinski definition) is 6. The Bertz CT molecular complexity index is 1120. The van der Waals surface area contributed by atoms with Gasteiger partial charge in [-0.15, -0.1) is 5.10 Å². The molecule has 4 rings (SSSR count). The van der Waals surface area contributed by atoms with Gasteiger partial charge in [0.15, 0.2) is 0 Å². The molecule has 1 aromatic heterocycles. The molecule has 0 amide bonds. The van der Waals surface area contributed by atoms with Crippen LogP contribution < -0.4 is 19.9 Å². The zero-order valence-electron chi connectivity index (χ0n) is 15.2. The fraction of sp³-hybridized carbons (Fsp3) is 0.200. The van der Waals surface area contributed by atoms with E-state index in [1.165, 1.54) is 0 Å². The van der Waals surface area contributed by atoms with Gasteiger partial charge in [0, 0.05) is 22.0 Å². The molecule has 3 aromatic rings. The van der Waals surface area contributed by atoms with E-state index in [1.807, 2.05) is 37.3 Å². The second-order valence-electron chi connectivity index (χ2n) is 6.23. The monoisotopic (exact) mass is 362 g/mol. The van der Waals surface area contributed by atoms with Crippen molar-refractivity contribution in [3.8, 4) is 23.4 Å². The van der Waals surface area contributed by atoms with Crippen molar-refractivity contribution in [1.82, 2.24) is 10.2 Å². The molecule has 0 unspecified atom stereocenters. The molecule has 2 aromatic carbocycles. The van der Waals surface area contributed by atoms with Gasteiger partial charge < -0.3 is 19.9 Å². The number of H-pyrrole nitrogens is 1. The van der Waals surface area contributed by atoms with Gasteiger partial charge in [-0.3, -0.25) is 5.10 Å². The molecule has 7 nitrogen and oxygen atoms in total. The molecule has 3 N–H and O–H groups in total. The van der Waals surface area contributed by atoms with E-state index in [-0.39, 0.29) is 5.88 Å². The summed E-state index contributed by atoms with van der Waals surface area (Å²) >= 11 is 0. The van der Waals surface area contributed by atoms with Crippen LogP contribution in [0.5, 0.6) is 17.4 Å². The molecule has 0 saturated heterocycles. The van der Waals surface area contributed by atoms with Crippen LogP contribution in [0.4, 0.5) is 0 Å². The average molecular weight is 362 g/mol. The van der Waals surface area contributed by atoms with E-state index < -0.39 is 5.92 Å². The summed E-state index contributed by atoms with van der Waals surface area (Å²) in [5.41, 5.74) is 8.85. The third-order valence-corrected chi connectivity index (χ3v) is 4.87. The molecule has 0 radical (unpaired) electrons. The van der Waals surface area contributed by atoms with E-state index in [0.717, 1.165) is 33.3 Å². The highest BCUT2D eigenvalue weighted by Crippen LogP contribution is 2.47. The fourth-order valence-corrected chi connectivity index (χ4v) is 3.67. The molecule has 1 aliphatic heterocycles. The number of nitriles is 1. The van der Waals surface area contributed by atoms with Gasteiger partial charge in [-0.1, -0.05) is 18.2 Å². The molecule has 136 valence electrons. The van der Waals surface area contributed by atoms with Gasteiger partial charge in [0.25, 0.3) is 0 Å². The van der Waals surface area contributed by atoms with E-state index in [4.69, 9.17) is 19.9 Å². The van der Waals surface area contributed by atoms with Crippen LogP contribution in [0.2, 0.25) is 0 Å². The normalized spacial score (nSPS) is 15.9. The lowest BCUT2D eigenvalue weighted by molar-refractivity contribution is 0.378. The highest BCUT2D eigenvalue weighted by Gasteiger charge is 2.35. The van der Waals surface area contributed by atoms with Gasteiger partial charge in [0.1, 0.15) is 23.1 Å². The first-order valence-corrected chi connectivity index (χ1v) is 8.36. The number of aromatic amines is 1. The van der Waals surface area contributed by atoms with E-state index in [2.05, 4.69) is 16.3 Å². The quantitative estimate of drug-likeness (QED) is 0.741. The van der Waals surface area contributed by atoms with Gasteiger partial charge in [-0.05, 0) is 24.6 Å². The number of nitrogens with zero attached hydrogens (tertiary/aromatic N) is 2. The zero-order valence-corrected chi connectivity index (χ0v) is 15.2. The summed E-state index contributed by atoms with van der Waals surface area (Å²) in [6.07, 6.45) is 0. The Hall–Kier alpha value is -3.66. The van der Waals surface area contributed by atoms with Gasteiger partial charge in [-0.2, -0.15) is 5.26 Å². The summed E-state index contributed by atoms with van der Waals surface area (Å²) in [6.45, 7) is 1.89. The van der Waals surface area contributed by atoms with E-state index in [9.17, 15) is 5.26 Å². The first kappa shape index (κ1) is 16.8. The lowest BCUT2D eigenvalue weighted by atomic mass is 9.81. The summed E-state index contributed by atoms with van der Waals surface area (Å²) in [5.74, 6) is 1.42. The topological polar surface area (TPSA) is 106 Å². The van der Waals surface area contributed by atoms with Gasteiger partial charge >= 0.3 is 0 Å². The molecule has 0 spiro atoms. The van der Waals surface area contributed by atoms with Gasteiger partial charge in [0.2, 0.25) is 11.8 Å². The molecule has 0 saturated carbocycles. The summed E-state index contributed by atoms with van der Waals surface area (Å²) in [4.78, 5) is 0. The smallest absolute Gasteiger partial charge is 0.244 e. The van der Waals surface area contributed by atoms with E-state index in [0.29, 0.717) is 17.2 Å². The maximum absolute atomic E-state index is 9.79. The second kappa shape index (κ2) is 6.25. The molecule has 2 heterocycles. The number of nitrogens with one attached hydrogen (secondary N) is 1. The SMILES string of the molecule is COc1ccc([C@@H]2C(C#N)=C(N)Oc3n[nH]c(C)c32)c2c(OC)cccc12. The highest BCUT2D eigenvalue weighted by molar-refractivity contribution is 5.97. The number of aromatic nitrogens is 2. The Balaban J connectivity index is 2.11. The van der Waals surface area contributed by atoms with Crippen LogP contribution in [-0.4, -0.2) is 24.4 Å². The summed E-state index contributed by atoms with van der Waals surface area (Å²) in [5, 5.41) is 18.6. The predicted molar refractivity (Wildman–Crippen MR) is 99.7 cm³/mol. The number of benzene rings is 2. The van der Waals surface area contributed by atoms with Crippen LogP contribution in [-0.2, 0) is 0 Å². The maximum Gasteiger partial charge on any atom is 0.244 e. The largest absolute Gasteiger partial charge is 0.496 e. The Morgan fingerprint density at radius 1 is 1.19 bits per heavy atom. The van der Waals surface area contributed by atoms with Crippen LogP contribution in [0.25, 0.3) is 10.8 Å². The van der Waals surface area contributed by atoms with Crippen LogP contribution in [0.3, 0.4) is 0 Å². The molecular weight excluding hydrogens is 344 g/mol. The number of hydrogen-bond donors (Lipinski definition) is 2.